The largest absolute Gasteiger partial charge is 0.461 e. The minimum atomic E-state index is -3.68. The molecule has 2 rings (SSSR count). The SMILES string of the molecule is CC(=O)OCC1=C(C=O)N2C(=O)[C@H](Cl)[C@H]2S(=O)(=O)C1. The molecule has 7 nitrogen and oxygen atoms in total. The van der Waals surface area contributed by atoms with E-state index in [2.05, 4.69) is 4.74 Å². The molecule has 0 spiro atoms. The van der Waals surface area contributed by atoms with E-state index in [-0.39, 0.29) is 17.9 Å². The lowest BCUT2D eigenvalue weighted by Gasteiger charge is -2.46. The third kappa shape index (κ3) is 2.14. The molecule has 0 unspecified atom stereocenters. The van der Waals surface area contributed by atoms with Crippen molar-refractivity contribution in [3.63, 3.8) is 0 Å². The quantitative estimate of drug-likeness (QED) is 0.293. The molecule has 2 atom stereocenters. The second kappa shape index (κ2) is 4.61. The highest BCUT2D eigenvalue weighted by Gasteiger charge is 2.58. The van der Waals surface area contributed by atoms with Crippen molar-refractivity contribution in [2.24, 2.45) is 0 Å². The number of nitrogens with zero attached hydrogens (tertiary/aromatic N) is 1. The van der Waals surface area contributed by atoms with Gasteiger partial charge in [-0.1, -0.05) is 0 Å². The van der Waals surface area contributed by atoms with Gasteiger partial charge in [0.1, 0.15) is 12.0 Å². The molecule has 0 aromatic carbocycles. The Balaban J connectivity index is 2.40. The van der Waals surface area contributed by atoms with E-state index in [0.29, 0.717) is 6.29 Å². The normalized spacial score (nSPS) is 28.5. The summed E-state index contributed by atoms with van der Waals surface area (Å²) in [6.07, 6.45) is 0.376. The van der Waals surface area contributed by atoms with Crippen molar-refractivity contribution in [2.45, 2.75) is 17.7 Å². The average Bonchev–Trinajstić information content (AvgIpc) is 2.33. The highest BCUT2D eigenvalue weighted by Crippen LogP contribution is 2.38. The second-order valence-corrected chi connectivity index (χ2v) is 6.76. The average molecular weight is 308 g/mol. The summed E-state index contributed by atoms with van der Waals surface area (Å²) in [6.45, 7) is 0.816. The van der Waals surface area contributed by atoms with Crippen molar-refractivity contribution < 1.29 is 27.5 Å². The van der Waals surface area contributed by atoms with Crippen LogP contribution in [-0.4, -0.2) is 54.6 Å². The predicted molar refractivity (Wildman–Crippen MR) is 63.8 cm³/mol. The molecular weight excluding hydrogens is 298 g/mol. The first-order valence-electron chi connectivity index (χ1n) is 5.29. The van der Waals surface area contributed by atoms with Crippen LogP contribution >= 0.6 is 11.6 Å². The van der Waals surface area contributed by atoms with Crippen LogP contribution in [-0.2, 0) is 29.0 Å². The van der Waals surface area contributed by atoms with Crippen LogP contribution in [0.2, 0.25) is 0 Å². The van der Waals surface area contributed by atoms with Crippen molar-refractivity contribution >= 4 is 39.6 Å². The number of alkyl halides is 1. The molecule has 9 heteroatoms. The summed E-state index contributed by atoms with van der Waals surface area (Å²) in [7, 11) is -3.68. The monoisotopic (exact) mass is 307 g/mol. The molecule has 0 N–H and O–H groups in total. The number of β-lactam (4-membered cyclic amide) rings is 1. The third-order valence-corrected chi connectivity index (χ3v) is 5.45. The van der Waals surface area contributed by atoms with Crippen LogP contribution in [0.3, 0.4) is 0 Å². The summed E-state index contributed by atoms with van der Waals surface area (Å²) in [6, 6.07) is 0. The van der Waals surface area contributed by atoms with Gasteiger partial charge in [0, 0.05) is 12.5 Å². The first-order chi connectivity index (χ1) is 8.79. The van der Waals surface area contributed by atoms with Crippen molar-refractivity contribution in [1.82, 2.24) is 4.90 Å². The van der Waals surface area contributed by atoms with Crippen molar-refractivity contribution in [3.8, 4) is 0 Å². The number of carbonyl (C=O) groups excluding carboxylic acids is 3. The number of fused-ring (bicyclic) bond motifs is 1. The van der Waals surface area contributed by atoms with Crippen molar-refractivity contribution in [3.05, 3.63) is 11.3 Å². The van der Waals surface area contributed by atoms with E-state index in [9.17, 15) is 22.8 Å². The van der Waals surface area contributed by atoms with Crippen LogP contribution < -0.4 is 0 Å². The van der Waals surface area contributed by atoms with Crippen LogP contribution in [0.5, 0.6) is 0 Å². The van der Waals surface area contributed by atoms with E-state index in [1.54, 1.807) is 0 Å². The number of carbonyl (C=O) groups is 3. The molecule has 0 saturated carbocycles. The fourth-order valence-corrected chi connectivity index (χ4v) is 4.64. The third-order valence-electron chi connectivity index (χ3n) is 2.90. The van der Waals surface area contributed by atoms with Gasteiger partial charge in [0.2, 0.25) is 5.91 Å². The van der Waals surface area contributed by atoms with Gasteiger partial charge in [-0.25, -0.2) is 8.42 Å². The lowest BCUT2D eigenvalue weighted by molar-refractivity contribution is -0.140. The number of rotatable bonds is 3. The van der Waals surface area contributed by atoms with Gasteiger partial charge in [-0.2, -0.15) is 0 Å². The van der Waals surface area contributed by atoms with E-state index < -0.39 is 38.2 Å². The summed E-state index contributed by atoms with van der Waals surface area (Å²) in [5, 5.41) is -2.38. The Morgan fingerprint density at radius 1 is 1.58 bits per heavy atom. The molecule has 2 aliphatic heterocycles. The molecule has 0 aromatic heterocycles. The second-order valence-electron chi connectivity index (χ2n) is 4.19. The van der Waals surface area contributed by atoms with Gasteiger partial charge in [-0.15, -0.1) is 11.6 Å². The highest BCUT2D eigenvalue weighted by atomic mass is 35.5. The minimum absolute atomic E-state index is 0.0806. The number of hydrogen-bond donors (Lipinski definition) is 0. The summed E-state index contributed by atoms with van der Waals surface area (Å²) in [5.74, 6) is -1.70. The van der Waals surface area contributed by atoms with Crippen LogP contribution in [0.4, 0.5) is 0 Å². The van der Waals surface area contributed by atoms with E-state index in [1.807, 2.05) is 0 Å². The number of sulfone groups is 1. The molecule has 2 heterocycles. The molecule has 2 aliphatic rings. The van der Waals surface area contributed by atoms with Gasteiger partial charge in [0.05, 0.1) is 11.4 Å². The molecule has 0 bridgehead atoms. The Bertz CT molecular complexity index is 595. The molecular formula is C10H10ClNO6S. The van der Waals surface area contributed by atoms with Gasteiger partial charge >= 0.3 is 5.97 Å². The van der Waals surface area contributed by atoms with Crippen LogP contribution in [0.25, 0.3) is 0 Å². The maximum absolute atomic E-state index is 11.9. The zero-order valence-corrected chi connectivity index (χ0v) is 11.4. The van der Waals surface area contributed by atoms with Gasteiger partial charge in [0.25, 0.3) is 0 Å². The number of ether oxygens (including phenoxy) is 1. The Morgan fingerprint density at radius 2 is 2.21 bits per heavy atom. The lowest BCUT2D eigenvalue weighted by atomic mass is 10.1. The fraction of sp³-hybridized carbons (Fsp3) is 0.500. The van der Waals surface area contributed by atoms with E-state index in [0.717, 1.165) is 11.8 Å². The number of esters is 1. The summed E-state index contributed by atoms with van der Waals surface area (Å²) in [4.78, 5) is 34.2. The molecule has 0 aromatic rings. The van der Waals surface area contributed by atoms with Crippen molar-refractivity contribution in [1.29, 1.82) is 0 Å². The van der Waals surface area contributed by atoms with Crippen LogP contribution in [0.15, 0.2) is 11.3 Å². The maximum atomic E-state index is 11.9. The molecule has 1 fully saturated rings. The Labute approximate surface area is 114 Å². The summed E-state index contributed by atoms with van der Waals surface area (Å²) < 4.78 is 28.6. The number of hydrogen-bond acceptors (Lipinski definition) is 6. The van der Waals surface area contributed by atoms with Gasteiger partial charge in [0.15, 0.2) is 21.5 Å². The zero-order valence-electron chi connectivity index (χ0n) is 9.83. The summed E-state index contributed by atoms with van der Waals surface area (Å²) >= 11 is 5.66. The van der Waals surface area contributed by atoms with E-state index in [4.69, 9.17) is 11.6 Å². The molecule has 0 radical (unpaired) electrons. The maximum Gasteiger partial charge on any atom is 0.302 e. The van der Waals surface area contributed by atoms with Gasteiger partial charge in [-0.05, 0) is 0 Å². The molecule has 0 aliphatic carbocycles. The molecule has 1 amide bonds. The fourth-order valence-electron chi connectivity index (χ4n) is 2.04. The Hall–Kier alpha value is -1.41. The minimum Gasteiger partial charge on any atom is -0.461 e. The predicted octanol–water partition coefficient (Wildman–Crippen LogP) is -0.793. The van der Waals surface area contributed by atoms with E-state index >= 15 is 0 Å². The van der Waals surface area contributed by atoms with Gasteiger partial charge in [-0.3, -0.25) is 19.3 Å². The zero-order chi connectivity index (χ0) is 14.4. The number of amides is 1. The smallest absolute Gasteiger partial charge is 0.302 e. The van der Waals surface area contributed by atoms with E-state index in [1.165, 1.54) is 0 Å². The summed E-state index contributed by atoms with van der Waals surface area (Å²) in [5.41, 5.74) is 0.00124. The van der Waals surface area contributed by atoms with Crippen LogP contribution in [0, 0.1) is 0 Å². The van der Waals surface area contributed by atoms with Crippen molar-refractivity contribution in [2.75, 3.05) is 12.4 Å². The number of allylic oxidation sites excluding steroid dienone is 1. The Morgan fingerprint density at radius 3 is 2.74 bits per heavy atom. The molecule has 104 valence electrons. The lowest BCUT2D eigenvalue weighted by Crippen LogP contribution is -2.67. The van der Waals surface area contributed by atoms with Gasteiger partial charge < -0.3 is 4.74 Å². The first kappa shape index (κ1) is 14.0. The highest BCUT2D eigenvalue weighted by molar-refractivity contribution is 7.92. The molecule has 1 saturated heterocycles. The number of aldehydes is 1. The Kier molecular flexibility index (Phi) is 3.40. The first-order valence-corrected chi connectivity index (χ1v) is 7.44. The number of halogens is 1. The topological polar surface area (TPSA) is 97.8 Å². The standard InChI is InChI=1S/C10H10ClNO6S/c1-5(14)18-3-6-4-19(16,17)10-8(11)9(15)12(10)7(6)2-13/h2,8,10H,3-4H2,1H3/t8-,10+/m0/s1. The van der Waals surface area contributed by atoms with Crippen LogP contribution in [0.1, 0.15) is 6.92 Å². The molecule has 19 heavy (non-hydrogen) atoms.